The van der Waals surface area contributed by atoms with E-state index >= 15 is 0 Å². The number of ether oxygens (including phenoxy) is 1. The highest BCUT2D eigenvalue weighted by atomic mass is 79.9. The number of hydrogen-bond donors (Lipinski definition) is 2. The number of nitrogens with two attached hydrogens (primary N) is 1. The van der Waals surface area contributed by atoms with Crippen molar-refractivity contribution in [2.24, 2.45) is 5.73 Å². The molecule has 0 heterocycles. The van der Waals surface area contributed by atoms with Crippen LogP contribution in [0.3, 0.4) is 0 Å². The van der Waals surface area contributed by atoms with Gasteiger partial charge in [0.05, 0.1) is 0 Å². The van der Waals surface area contributed by atoms with Crippen molar-refractivity contribution < 1.29 is 9.53 Å². The molecule has 106 valence electrons. The number of nitrogens with one attached hydrogen (secondary N) is 1. The molecule has 0 aromatic heterocycles. The van der Waals surface area contributed by atoms with Gasteiger partial charge in [0, 0.05) is 22.1 Å². The van der Waals surface area contributed by atoms with E-state index in [1.54, 1.807) is 0 Å². The molecular weight excluding hydrogens is 308 g/mol. The van der Waals surface area contributed by atoms with Gasteiger partial charge in [-0.2, -0.15) is 0 Å². The lowest BCUT2D eigenvalue weighted by Gasteiger charge is -2.16. The second-order valence-electron chi connectivity index (χ2n) is 4.64. The van der Waals surface area contributed by atoms with Crippen molar-refractivity contribution in [3.8, 4) is 5.75 Å². The fraction of sp³-hybridized carbons (Fsp3) is 0.500. The zero-order chi connectivity index (χ0) is 14.4. The lowest BCUT2D eigenvalue weighted by atomic mass is 10.1. The van der Waals surface area contributed by atoms with Crippen LogP contribution in [0.15, 0.2) is 22.7 Å². The third-order valence-electron chi connectivity index (χ3n) is 2.84. The normalized spacial score (nSPS) is 13.7. The molecule has 0 spiro atoms. The molecule has 1 unspecified atom stereocenters. The molecular formula is C14H21BrN2O2. The van der Waals surface area contributed by atoms with Crippen LogP contribution in [0, 0.1) is 0 Å². The molecule has 1 rings (SSSR count). The molecule has 1 aromatic rings. The topological polar surface area (TPSA) is 64.3 Å². The van der Waals surface area contributed by atoms with Gasteiger partial charge in [-0.05, 0) is 32.4 Å². The maximum absolute atomic E-state index is 11.7. The fourth-order valence-corrected chi connectivity index (χ4v) is 1.91. The van der Waals surface area contributed by atoms with E-state index in [1.807, 2.05) is 39.0 Å². The highest BCUT2D eigenvalue weighted by Crippen LogP contribution is 2.27. The van der Waals surface area contributed by atoms with Crippen LogP contribution in [0.2, 0.25) is 0 Å². The molecule has 0 fully saturated rings. The minimum absolute atomic E-state index is 0.000509. The Labute approximate surface area is 122 Å². The number of hydrogen-bond acceptors (Lipinski definition) is 3. The van der Waals surface area contributed by atoms with Crippen molar-refractivity contribution in [3.05, 3.63) is 28.2 Å². The summed E-state index contributed by atoms with van der Waals surface area (Å²) in [6.45, 7) is 5.87. The highest BCUT2D eigenvalue weighted by Gasteiger charge is 2.11. The van der Waals surface area contributed by atoms with Crippen molar-refractivity contribution >= 4 is 21.8 Å². The average Bonchev–Trinajstić information content (AvgIpc) is 2.35. The first kappa shape index (κ1) is 16.0. The van der Waals surface area contributed by atoms with Crippen molar-refractivity contribution in [2.75, 3.05) is 6.61 Å². The van der Waals surface area contributed by atoms with Crippen molar-refractivity contribution in [2.45, 2.75) is 39.3 Å². The quantitative estimate of drug-likeness (QED) is 0.843. The monoisotopic (exact) mass is 328 g/mol. The largest absolute Gasteiger partial charge is 0.483 e. The van der Waals surface area contributed by atoms with Gasteiger partial charge in [-0.1, -0.05) is 28.9 Å². The maximum Gasteiger partial charge on any atom is 0.258 e. The molecule has 2 atom stereocenters. The van der Waals surface area contributed by atoms with Gasteiger partial charge in [0.2, 0.25) is 0 Å². The van der Waals surface area contributed by atoms with Crippen LogP contribution in [0.25, 0.3) is 0 Å². The van der Waals surface area contributed by atoms with Crippen LogP contribution in [-0.2, 0) is 4.79 Å². The highest BCUT2D eigenvalue weighted by molar-refractivity contribution is 9.10. The molecule has 19 heavy (non-hydrogen) atoms. The van der Waals surface area contributed by atoms with E-state index in [-0.39, 0.29) is 24.6 Å². The Morgan fingerprint density at radius 3 is 2.74 bits per heavy atom. The Morgan fingerprint density at radius 1 is 1.47 bits per heavy atom. The first-order chi connectivity index (χ1) is 8.93. The smallest absolute Gasteiger partial charge is 0.258 e. The number of benzene rings is 1. The van der Waals surface area contributed by atoms with Crippen molar-refractivity contribution in [1.29, 1.82) is 0 Å². The summed E-state index contributed by atoms with van der Waals surface area (Å²) in [6.07, 6.45) is 0.897. The lowest BCUT2D eigenvalue weighted by Crippen LogP contribution is -2.35. The van der Waals surface area contributed by atoms with Crippen LogP contribution < -0.4 is 15.8 Å². The Morgan fingerprint density at radius 2 is 2.16 bits per heavy atom. The van der Waals surface area contributed by atoms with Crippen LogP contribution in [0.4, 0.5) is 0 Å². The van der Waals surface area contributed by atoms with E-state index in [9.17, 15) is 4.79 Å². The molecule has 0 bridgehead atoms. The van der Waals surface area contributed by atoms with Gasteiger partial charge >= 0.3 is 0 Å². The Bertz CT molecular complexity index is 435. The van der Waals surface area contributed by atoms with Crippen LogP contribution in [0.5, 0.6) is 5.75 Å². The Kier molecular flexibility index (Phi) is 6.31. The molecule has 0 saturated carbocycles. The summed E-state index contributed by atoms with van der Waals surface area (Å²) in [6, 6.07) is 5.66. The molecule has 0 radical (unpaired) electrons. The zero-order valence-electron chi connectivity index (χ0n) is 11.6. The summed E-state index contributed by atoms with van der Waals surface area (Å²) < 4.78 is 6.46. The summed E-state index contributed by atoms with van der Waals surface area (Å²) in [7, 11) is 0. The van der Waals surface area contributed by atoms with E-state index < -0.39 is 0 Å². The van der Waals surface area contributed by atoms with Gasteiger partial charge in [0.25, 0.3) is 5.91 Å². The van der Waals surface area contributed by atoms with E-state index in [0.29, 0.717) is 5.75 Å². The van der Waals surface area contributed by atoms with Crippen LogP contribution in [0.1, 0.15) is 38.8 Å². The Balaban J connectivity index is 2.66. The van der Waals surface area contributed by atoms with E-state index in [1.165, 1.54) is 0 Å². The molecule has 3 N–H and O–H groups in total. The number of carbonyl (C=O) groups is 1. The minimum Gasteiger partial charge on any atom is -0.483 e. The first-order valence-electron chi connectivity index (χ1n) is 6.41. The maximum atomic E-state index is 11.7. The van der Waals surface area contributed by atoms with Gasteiger partial charge in [-0.15, -0.1) is 0 Å². The molecule has 1 amide bonds. The molecule has 1 aromatic carbocycles. The summed E-state index contributed by atoms with van der Waals surface area (Å²) in [5, 5.41) is 2.86. The molecule has 0 saturated heterocycles. The van der Waals surface area contributed by atoms with Gasteiger partial charge in [0.15, 0.2) is 6.61 Å². The summed E-state index contributed by atoms with van der Waals surface area (Å²) in [5.41, 5.74) is 6.77. The third-order valence-corrected chi connectivity index (χ3v) is 3.34. The van der Waals surface area contributed by atoms with Crippen LogP contribution in [-0.4, -0.2) is 18.6 Å². The fourth-order valence-electron chi connectivity index (χ4n) is 1.57. The van der Waals surface area contributed by atoms with E-state index in [2.05, 4.69) is 21.2 Å². The zero-order valence-corrected chi connectivity index (χ0v) is 13.2. The molecule has 5 heteroatoms. The SMILES string of the molecule is CCC(C)NC(=O)COc1cc(Br)ccc1[C@@H](C)N. The average molecular weight is 329 g/mol. The van der Waals surface area contributed by atoms with Gasteiger partial charge in [-0.25, -0.2) is 0 Å². The molecule has 4 nitrogen and oxygen atoms in total. The van der Waals surface area contributed by atoms with E-state index in [4.69, 9.17) is 10.5 Å². The number of halogens is 1. The summed E-state index contributed by atoms with van der Waals surface area (Å²) in [4.78, 5) is 11.7. The number of rotatable bonds is 6. The molecule has 0 aliphatic heterocycles. The predicted octanol–water partition coefficient (Wildman–Crippen LogP) is 2.76. The Hall–Kier alpha value is -1.07. The van der Waals surface area contributed by atoms with Gasteiger partial charge < -0.3 is 15.8 Å². The van der Waals surface area contributed by atoms with Gasteiger partial charge in [0.1, 0.15) is 5.75 Å². The van der Waals surface area contributed by atoms with Crippen LogP contribution >= 0.6 is 15.9 Å². The lowest BCUT2D eigenvalue weighted by molar-refractivity contribution is -0.123. The van der Waals surface area contributed by atoms with Crippen molar-refractivity contribution in [1.82, 2.24) is 5.32 Å². The van der Waals surface area contributed by atoms with Gasteiger partial charge in [-0.3, -0.25) is 4.79 Å². The number of carbonyl (C=O) groups excluding carboxylic acids is 1. The number of amides is 1. The molecule has 0 aliphatic carbocycles. The van der Waals surface area contributed by atoms with E-state index in [0.717, 1.165) is 16.5 Å². The first-order valence-corrected chi connectivity index (χ1v) is 7.20. The minimum atomic E-state index is -0.138. The molecule has 0 aliphatic rings. The van der Waals surface area contributed by atoms with Crippen molar-refractivity contribution in [3.63, 3.8) is 0 Å². The second kappa shape index (κ2) is 7.50. The predicted molar refractivity (Wildman–Crippen MR) is 80.1 cm³/mol. The second-order valence-corrected chi connectivity index (χ2v) is 5.55. The summed E-state index contributed by atoms with van der Waals surface area (Å²) in [5.74, 6) is 0.522. The standard InChI is InChI=1S/C14H21BrN2O2/c1-4-9(2)17-14(18)8-19-13-7-11(15)5-6-12(13)10(3)16/h5-7,9-10H,4,8,16H2,1-3H3,(H,17,18)/t9?,10-/m1/s1. The summed E-state index contributed by atoms with van der Waals surface area (Å²) >= 11 is 3.38. The third kappa shape index (κ3) is 5.20.